The molecule has 0 bridgehead atoms. The average molecular weight is 450 g/mol. The lowest BCUT2D eigenvalue weighted by atomic mass is 9.80. The monoisotopic (exact) mass is 450 g/mol. The second-order valence-electron chi connectivity index (χ2n) is 7.06. The third kappa shape index (κ3) is 6.41. The lowest BCUT2D eigenvalue weighted by Crippen LogP contribution is -2.45. The van der Waals surface area contributed by atoms with Crippen molar-refractivity contribution in [2.24, 2.45) is 16.8 Å². The second kappa shape index (κ2) is 11.2. The number of hydrogen-bond donors (Lipinski definition) is 2. The van der Waals surface area contributed by atoms with Crippen LogP contribution >= 0.6 is 24.0 Å². The van der Waals surface area contributed by atoms with Crippen LogP contribution in [0.4, 0.5) is 0 Å². The van der Waals surface area contributed by atoms with Gasteiger partial charge in [0.2, 0.25) is 5.91 Å². The SMILES string of the molecule is CCNC(=NCC1CCCCC1C)NC1CCN(C(=O)CC)C1.I. The lowest BCUT2D eigenvalue weighted by Gasteiger charge is -2.27. The van der Waals surface area contributed by atoms with E-state index in [1.165, 1.54) is 25.7 Å². The summed E-state index contributed by atoms with van der Waals surface area (Å²) in [6, 6.07) is 0.326. The van der Waals surface area contributed by atoms with Crippen LogP contribution in [0.1, 0.15) is 59.3 Å². The molecule has 1 aliphatic carbocycles. The number of nitrogens with one attached hydrogen (secondary N) is 2. The van der Waals surface area contributed by atoms with Crippen molar-refractivity contribution in [3.05, 3.63) is 0 Å². The molecule has 0 aromatic carbocycles. The summed E-state index contributed by atoms with van der Waals surface area (Å²) in [4.78, 5) is 18.6. The fourth-order valence-electron chi connectivity index (χ4n) is 3.71. The Labute approximate surface area is 164 Å². The van der Waals surface area contributed by atoms with Crippen LogP contribution in [0.3, 0.4) is 0 Å². The Morgan fingerprint density at radius 2 is 1.96 bits per heavy atom. The molecule has 1 amide bonds. The van der Waals surface area contributed by atoms with Crippen LogP contribution in [0.5, 0.6) is 0 Å². The Hall–Kier alpha value is -0.530. The standard InChI is InChI=1S/C18H34N4O.HI/c1-4-17(23)22-11-10-16(13-22)21-18(19-5-2)20-12-15-9-7-6-8-14(15)3;/h14-16H,4-13H2,1-3H3,(H2,19,20,21);1H. The highest BCUT2D eigenvalue weighted by atomic mass is 127. The molecule has 3 unspecified atom stereocenters. The quantitative estimate of drug-likeness (QED) is 0.385. The van der Waals surface area contributed by atoms with Crippen LogP contribution in [0.15, 0.2) is 4.99 Å². The van der Waals surface area contributed by atoms with Gasteiger partial charge in [-0.25, -0.2) is 0 Å². The van der Waals surface area contributed by atoms with Gasteiger partial charge in [0.1, 0.15) is 0 Å². The minimum atomic E-state index is 0. The van der Waals surface area contributed by atoms with E-state index in [0.29, 0.717) is 12.5 Å². The van der Waals surface area contributed by atoms with Gasteiger partial charge in [-0.2, -0.15) is 0 Å². The highest BCUT2D eigenvalue weighted by Crippen LogP contribution is 2.29. The van der Waals surface area contributed by atoms with Gasteiger partial charge in [0.05, 0.1) is 0 Å². The summed E-state index contributed by atoms with van der Waals surface area (Å²) in [5, 5.41) is 6.88. The molecule has 2 aliphatic rings. The number of amides is 1. The molecule has 5 nitrogen and oxygen atoms in total. The van der Waals surface area contributed by atoms with Gasteiger partial charge in [-0.3, -0.25) is 9.79 Å². The van der Waals surface area contributed by atoms with E-state index < -0.39 is 0 Å². The van der Waals surface area contributed by atoms with Gasteiger partial charge in [0.25, 0.3) is 0 Å². The van der Waals surface area contributed by atoms with E-state index in [4.69, 9.17) is 4.99 Å². The fourth-order valence-corrected chi connectivity index (χ4v) is 3.71. The first-order chi connectivity index (χ1) is 11.1. The summed E-state index contributed by atoms with van der Waals surface area (Å²) in [6.07, 6.45) is 7.00. The van der Waals surface area contributed by atoms with Gasteiger partial charge in [-0.05, 0) is 31.6 Å². The van der Waals surface area contributed by atoms with E-state index in [-0.39, 0.29) is 29.9 Å². The van der Waals surface area contributed by atoms with Crippen LogP contribution in [0.2, 0.25) is 0 Å². The van der Waals surface area contributed by atoms with Gasteiger partial charge in [0.15, 0.2) is 5.96 Å². The van der Waals surface area contributed by atoms with Crippen molar-refractivity contribution in [2.75, 3.05) is 26.2 Å². The molecule has 2 N–H and O–H groups in total. The topological polar surface area (TPSA) is 56.7 Å². The number of carbonyl (C=O) groups excluding carboxylic acids is 1. The van der Waals surface area contributed by atoms with Crippen molar-refractivity contribution in [3.63, 3.8) is 0 Å². The Kier molecular flexibility index (Phi) is 10.0. The largest absolute Gasteiger partial charge is 0.357 e. The maximum Gasteiger partial charge on any atom is 0.222 e. The highest BCUT2D eigenvalue weighted by Gasteiger charge is 2.26. The van der Waals surface area contributed by atoms with Crippen LogP contribution in [-0.2, 0) is 4.79 Å². The van der Waals surface area contributed by atoms with E-state index in [1.54, 1.807) is 0 Å². The molecule has 0 aromatic heterocycles. The lowest BCUT2D eigenvalue weighted by molar-refractivity contribution is -0.129. The highest BCUT2D eigenvalue weighted by molar-refractivity contribution is 14.0. The third-order valence-corrected chi connectivity index (χ3v) is 5.30. The van der Waals surface area contributed by atoms with E-state index in [9.17, 15) is 4.79 Å². The van der Waals surface area contributed by atoms with Crippen molar-refractivity contribution < 1.29 is 4.79 Å². The predicted molar refractivity (Wildman–Crippen MR) is 111 cm³/mol. The summed E-state index contributed by atoms with van der Waals surface area (Å²) < 4.78 is 0. The zero-order valence-electron chi connectivity index (χ0n) is 15.5. The molecular formula is C18H35IN4O. The molecule has 0 radical (unpaired) electrons. The number of likely N-dealkylation sites (tertiary alicyclic amines) is 1. The van der Waals surface area contributed by atoms with Crippen molar-refractivity contribution in [1.29, 1.82) is 0 Å². The van der Waals surface area contributed by atoms with Crippen molar-refractivity contribution in [2.45, 2.75) is 65.3 Å². The smallest absolute Gasteiger partial charge is 0.222 e. The van der Waals surface area contributed by atoms with Crippen molar-refractivity contribution in [3.8, 4) is 0 Å². The molecule has 0 aromatic rings. The van der Waals surface area contributed by atoms with E-state index in [2.05, 4.69) is 24.5 Å². The van der Waals surface area contributed by atoms with E-state index in [1.807, 2.05) is 11.8 Å². The Morgan fingerprint density at radius 1 is 1.21 bits per heavy atom. The molecule has 1 saturated heterocycles. The van der Waals surface area contributed by atoms with Crippen molar-refractivity contribution >= 4 is 35.8 Å². The number of nitrogens with zero attached hydrogens (tertiary/aromatic N) is 2. The Balaban J connectivity index is 0.00000288. The van der Waals surface area contributed by atoms with Gasteiger partial charge in [0, 0.05) is 38.6 Å². The first kappa shape index (κ1) is 21.5. The summed E-state index contributed by atoms with van der Waals surface area (Å²) in [5.41, 5.74) is 0. The molecule has 2 fully saturated rings. The molecule has 2 rings (SSSR count). The third-order valence-electron chi connectivity index (χ3n) is 5.30. The van der Waals surface area contributed by atoms with Gasteiger partial charge < -0.3 is 15.5 Å². The van der Waals surface area contributed by atoms with Crippen LogP contribution in [-0.4, -0.2) is 49.0 Å². The van der Waals surface area contributed by atoms with Gasteiger partial charge >= 0.3 is 0 Å². The molecule has 140 valence electrons. The maximum absolute atomic E-state index is 11.8. The first-order valence-corrected chi connectivity index (χ1v) is 9.46. The molecule has 24 heavy (non-hydrogen) atoms. The number of guanidine groups is 1. The van der Waals surface area contributed by atoms with Crippen molar-refractivity contribution in [1.82, 2.24) is 15.5 Å². The van der Waals surface area contributed by atoms with E-state index in [0.717, 1.165) is 50.4 Å². The molecular weight excluding hydrogens is 415 g/mol. The van der Waals surface area contributed by atoms with Crippen LogP contribution in [0.25, 0.3) is 0 Å². The molecule has 3 atom stereocenters. The first-order valence-electron chi connectivity index (χ1n) is 9.46. The maximum atomic E-state index is 11.8. The second-order valence-corrected chi connectivity index (χ2v) is 7.06. The number of halogens is 1. The molecule has 6 heteroatoms. The number of hydrogen-bond acceptors (Lipinski definition) is 2. The zero-order valence-corrected chi connectivity index (χ0v) is 17.8. The minimum absolute atomic E-state index is 0. The summed E-state index contributed by atoms with van der Waals surface area (Å²) in [5.74, 6) is 2.69. The average Bonchev–Trinajstić information content (AvgIpc) is 3.02. The normalized spacial score (nSPS) is 27.5. The number of aliphatic imine (C=N–C) groups is 1. The van der Waals surface area contributed by atoms with Crippen LogP contribution in [0, 0.1) is 11.8 Å². The van der Waals surface area contributed by atoms with Gasteiger partial charge in [-0.15, -0.1) is 24.0 Å². The molecule has 1 heterocycles. The van der Waals surface area contributed by atoms with Gasteiger partial charge in [-0.1, -0.05) is 33.1 Å². The zero-order chi connectivity index (χ0) is 16.7. The summed E-state index contributed by atoms with van der Waals surface area (Å²) in [7, 11) is 0. The van der Waals surface area contributed by atoms with Crippen LogP contribution < -0.4 is 10.6 Å². The Morgan fingerprint density at radius 3 is 2.62 bits per heavy atom. The summed E-state index contributed by atoms with van der Waals surface area (Å²) >= 11 is 0. The minimum Gasteiger partial charge on any atom is -0.357 e. The summed E-state index contributed by atoms with van der Waals surface area (Å²) in [6.45, 7) is 9.85. The Bertz CT molecular complexity index is 416. The number of carbonyl (C=O) groups is 1. The molecule has 0 spiro atoms. The fraction of sp³-hybridized carbons (Fsp3) is 0.889. The van der Waals surface area contributed by atoms with E-state index >= 15 is 0 Å². The molecule has 1 saturated carbocycles. The predicted octanol–water partition coefficient (Wildman–Crippen LogP) is 3.00. The molecule has 1 aliphatic heterocycles. The number of rotatable bonds is 5.